The summed E-state index contributed by atoms with van der Waals surface area (Å²) in [5.74, 6) is 0.520. The van der Waals surface area contributed by atoms with Crippen molar-refractivity contribution in [3.8, 4) is 0 Å². The van der Waals surface area contributed by atoms with E-state index in [4.69, 9.17) is 4.74 Å². The maximum absolute atomic E-state index is 13.3. The predicted octanol–water partition coefficient (Wildman–Crippen LogP) is 4.95. The first-order valence-corrected chi connectivity index (χ1v) is 14.5. The number of aromatic nitrogens is 1. The number of hydrogen-bond donors (Lipinski definition) is 0. The molecule has 2 aromatic carbocycles. The van der Waals surface area contributed by atoms with Gasteiger partial charge in [0, 0.05) is 43.3 Å². The van der Waals surface area contributed by atoms with E-state index in [0.717, 1.165) is 11.8 Å². The molecule has 0 N–H and O–H groups in total. The zero-order valence-electron chi connectivity index (χ0n) is 22.1. The van der Waals surface area contributed by atoms with Crippen LogP contribution >= 0.6 is 0 Å². The molecular formula is C29H33N4O5S-. The Balaban J connectivity index is 1.23. The highest BCUT2D eigenvalue weighted by Crippen LogP contribution is 2.34. The van der Waals surface area contributed by atoms with Crippen LogP contribution in [0.2, 0.25) is 0 Å². The van der Waals surface area contributed by atoms with Crippen molar-refractivity contribution >= 4 is 45.5 Å². The molecule has 0 radical (unpaired) electrons. The van der Waals surface area contributed by atoms with Gasteiger partial charge in [-0.15, -0.1) is 0 Å². The van der Waals surface area contributed by atoms with E-state index in [0.29, 0.717) is 66.7 Å². The van der Waals surface area contributed by atoms with Gasteiger partial charge in [0.25, 0.3) is 5.91 Å². The van der Waals surface area contributed by atoms with Crippen molar-refractivity contribution in [2.45, 2.75) is 39.0 Å². The molecule has 1 atom stereocenters. The SMILES string of the molecule is Cc1cc(C(=O)N2CCN(C(=O)OCCC3CCCC3)CC2)ccc1N(c1cccc2cccnc12)S(=O)[O-]. The number of rotatable bonds is 7. The van der Waals surface area contributed by atoms with Gasteiger partial charge in [-0.2, -0.15) is 0 Å². The fraction of sp³-hybridized carbons (Fsp3) is 0.414. The number of fused-ring (bicyclic) bond motifs is 1. The van der Waals surface area contributed by atoms with Gasteiger partial charge in [0.15, 0.2) is 0 Å². The highest BCUT2D eigenvalue weighted by molar-refractivity contribution is 7.81. The summed E-state index contributed by atoms with van der Waals surface area (Å²) in [5, 5.41) is 0.826. The molecule has 1 aliphatic heterocycles. The Morgan fingerprint density at radius 2 is 1.74 bits per heavy atom. The lowest BCUT2D eigenvalue weighted by Crippen LogP contribution is -2.50. The van der Waals surface area contributed by atoms with Crippen molar-refractivity contribution in [3.63, 3.8) is 0 Å². The van der Waals surface area contributed by atoms with Crippen LogP contribution < -0.4 is 4.31 Å². The topological polar surface area (TPSA) is 106 Å². The van der Waals surface area contributed by atoms with E-state index in [9.17, 15) is 18.4 Å². The van der Waals surface area contributed by atoms with E-state index in [1.807, 2.05) is 12.1 Å². The molecule has 1 saturated carbocycles. The van der Waals surface area contributed by atoms with Gasteiger partial charge >= 0.3 is 6.09 Å². The quantitative estimate of drug-likeness (QED) is 0.386. The molecule has 1 aromatic heterocycles. The number of para-hydroxylation sites is 1. The second kappa shape index (κ2) is 12.1. The monoisotopic (exact) mass is 549 g/mol. The Morgan fingerprint density at radius 3 is 2.46 bits per heavy atom. The van der Waals surface area contributed by atoms with Crippen molar-refractivity contribution in [1.82, 2.24) is 14.8 Å². The molecule has 9 nitrogen and oxygen atoms in total. The number of piperazine rings is 1. The molecule has 3 aromatic rings. The average molecular weight is 550 g/mol. The Hall–Kier alpha value is -3.50. The minimum Gasteiger partial charge on any atom is -0.755 e. The van der Waals surface area contributed by atoms with E-state index in [1.165, 1.54) is 30.0 Å². The van der Waals surface area contributed by atoms with E-state index >= 15 is 0 Å². The van der Waals surface area contributed by atoms with E-state index < -0.39 is 11.3 Å². The van der Waals surface area contributed by atoms with Gasteiger partial charge in [0.05, 0.1) is 34.8 Å². The van der Waals surface area contributed by atoms with E-state index in [-0.39, 0.29) is 12.0 Å². The number of carbonyl (C=O) groups excluding carboxylic acids is 2. The van der Waals surface area contributed by atoms with Crippen LogP contribution in [-0.2, 0) is 16.0 Å². The van der Waals surface area contributed by atoms with Crippen LogP contribution in [0.5, 0.6) is 0 Å². The molecule has 2 fully saturated rings. The lowest BCUT2D eigenvalue weighted by atomic mass is 10.1. The van der Waals surface area contributed by atoms with Gasteiger partial charge in [-0.25, -0.2) is 4.79 Å². The van der Waals surface area contributed by atoms with Crippen LogP contribution in [-0.4, -0.2) is 68.3 Å². The Kier molecular flexibility index (Phi) is 8.42. The molecule has 0 bridgehead atoms. The van der Waals surface area contributed by atoms with Crippen LogP contribution in [0.15, 0.2) is 54.7 Å². The van der Waals surface area contributed by atoms with Gasteiger partial charge in [-0.1, -0.05) is 43.9 Å². The van der Waals surface area contributed by atoms with Gasteiger partial charge in [0.1, 0.15) is 0 Å². The normalized spacial score (nSPS) is 16.9. The van der Waals surface area contributed by atoms with Crippen LogP contribution in [0.4, 0.5) is 16.2 Å². The molecule has 1 aliphatic carbocycles. The minimum atomic E-state index is -2.61. The molecule has 1 saturated heterocycles. The first-order valence-electron chi connectivity index (χ1n) is 13.5. The number of benzene rings is 2. The molecule has 5 rings (SSSR count). The Labute approximate surface area is 231 Å². The van der Waals surface area contributed by atoms with Gasteiger partial charge in [0.2, 0.25) is 0 Å². The second-order valence-electron chi connectivity index (χ2n) is 10.2. The van der Waals surface area contributed by atoms with Crippen molar-refractivity contribution in [3.05, 3.63) is 65.9 Å². The number of anilines is 2. The van der Waals surface area contributed by atoms with Crippen LogP contribution in [0.25, 0.3) is 10.9 Å². The smallest absolute Gasteiger partial charge is 0.409 e. The van der Waals surface area contributed by atoms with Crippen LogP contribution in [0.1, 0.15) is 48.0 Å². The molecule has 1 unspecified atom stereocenters. The van der Waals surface area contributed by atoms with Crippen molar-refractivity contribution in [2.24, 2.45) is 5.92 Å². The summed E-state index contributed by atoms with van der Waals surface area (Å²) >= 11 is -2.61. The summed E-state index contributed by atoms with van der Waals surface area (Å²) in [6.07, 6.45) is 7.24. The highest BCUT2D eigenvalue weighted by atomic mass is 32.2. The third kappa shape index (κ3) is 6.07. The fourth-order valence-electron chi connectivity index (χ4n) is 5.54. The highest BCUT2D eigenvalue weighted by Gasteiger charge is 2.27. The molecule has 0 spiro atoms. The number of ether oxygens (including phenoxy) is 1. The molecule has 2 amide bonds. The predicted molar refractivity (Wildman–Crippen MR) is 149 cm³/mol. The number of aryl methyl sites for hydroxylation is 1. The molecule has 2 heterocycles. The summed E-state index contributed by atoms with van der Waals surface area (Å²) in [4.78, 5) is 33.5. The lowest BCUT2D eigenvalue weighted by Gasteiger charge is -2.34. The lowest BCUT2D eigenvalue weighted by molar-refractivity contribution is 0.0548. The van der Waals surface area contributed by atoms with E-state index in [1.54, 1.807) is 59.3 Å². The molecule has 39 heavy (non-hydrogen) atoms. The molecule has 2 aliphatic rings. The largest absolute Gasteiger partial charge is 0.755 e. The number of amides is 2. The van der Waals surface area contributed by atoms with Gasteiger partial charge in [-0.05, 0) is 55.2 Å². The minimum absolute atomic E-state index is 0.152. The Bertz CT molecular complexity index is 1360. The Morgan fingerprint density at radius 1 is 1.03 bits per heavy atom. The molecule has 206 valence electrons. The first-order chi connectivity index (χ1) is 18.9. The van der Waals surface area contributed by atoms with Crippen molar-refractivity contribution in [1.29, 1.82) is 0 Å². The second-order valence-corrected chi connectivity index (χ2v) is 11.0. The van der Waals surface area contributed by atoms with Crippen molar-refractivity contribution in [2.75, 3.05) is 37.1 Å². The summed E-state index contributed by atoms with van der Waals surface area (Å²) < 4.78 is 31.4. The number of carbonyl (C=O) groups is 2. The van der Waals surface area contributed by atoms with Gasteiger partial charge in [-0.3, -0.25) is 18.3 Å². The zero-order valence-corrected chi connectivity index (χ0v) is 22.9. The third-order valence-electron chi connectivity index (χ3n) is 7.69. The van der Waals surface area contributed by atoms with Gasteiger partial charge < -0.3 is 19.1 Å². The number of hydrogen-bond acceptors (Lipinski definition) is 6. The molecule has 10 heteroatoms. The average Bonchev–Trinajstić information content (AvgIpc) is 3.47. The van der Waals surface area contributed by atoms with Crippen LogP contribution in [0.3, 0.4) is 0 Å². The van der Waals surface area contributed by atoms with E-state index in [2.05, 4.69) is 4.98 Å². The maximum atomic E-state index is 13.3. The maximum Gasteiger partial charge on any atom is 0.409 e. The summed E-state index contributed by atoms with van der Waals surface area (Å²) in [6.45, 7) is 3.90. The summed E-state index contributed by atoms with van der Waals surface area (Å²) in [6, 6.07) is 14.1. The molecular weight excluding hydrogens is 516 g/mol. The fourth-order valence-corrected chi connectivity index (χ4v) is 6.21. The third-order valence-corrected chi connectivity index (χ3v) is 8.38. The summed E-state index contributed by atoms with van der Waals surface area (Å²) in [5.41, 5.74) is 2.57. The van der Waals surface area contributed by atoms with Crippen molar-refractivity contribution < 1.29 is 23.1 Å². The first kappa shape index (κ1) is 27.1. The van der Waals surface area contributed by atoms with Crippen LogP contribution in [0, 0.1) is 12.8 Å². The number of nitrogens with zero attached hydrogens (tertiary/aromatic N) is 4. The standard InChI is InChI=1S/C29H34N4O5S/c1-21-20-24(11-12-25(21)33(39(36)37)26-10-4-8-23-9-5-14-30-27(23)26)28(34)31-15-17-32(18-16-31)29(35)38-19-13-22-6-2-3-7-22/h4-5,8-12,14,20,22H,2-3,6-7,13,15-19H2,1H3,(H,36,37)/p-1. The summed E-state index contributed by atoms with van der Waals surface area (Å²) in [7, 11) is 0. The zero-order chi connectivity index (χ0) is 27.4. The number of pyridine rings is 1.